The monoisotopic (exact) mass is 369 g/mol. The van der Waals surface area contributed by atoms with Gasteiger partial charge in [-0.05, 0) is 49.4 Å². The fourth-order valence-corrected chi connectivity index (χ4v) is 9.14. The van der Waals surface area contributed by atoms with Crippen LogP contribution >= 0.6 is 23.5 Å². The zero-order chi connectivity index (χ0) is 17.3. The van der Waals surface area contributed by atoms with Crippen LogP contribution in [0.2, 0.25) is 0 Å². The van der Waals surface area contributed by atoms with Crippen LogP contribution in [-0.4, -0.2) is 39.5 Å². The van der Waals surface area contributed by atoms with E-state index in [2.05, 4.69) is 56.1 Å². The maximum Gasteiger partial charge on any atom is 0.225 e. The van der Waals surface area contributed by atoms with Crippen molar-refractivity contribution < 1.29 is 4.79 Å². The molecule has 0 aromatic rings. The summed E-state index contributed by atoms with van der Waals surface area (Å²) in [5, 5.41) is 0. The van der Waals surface area contributed by atoms with Gasteiger partial charge in [-0.25, -0.2) is 0 Å². The van der Waals surface area contributed by atoms with E-state index in [0.717, 1.165) is 37.8 Å². The van der Waals surface area contributed by atoms with Crippen LogP contribution in [0.15, 0.2) is 0 Å². The molecular formula is C20H35NOS2. The van der Waals surface area contributed by atoms with Crippen molar-refractivity contribution in [2.45, 2.75) is 63.9 Å². The second-order valence-electron chi connectivity index (χ2n) is 8.94. The predicted molar refractivity (Wildman–Crippen MR) is 107 cm³/mol. The Morgan fingerprint density at radius 1 is 1.00 bits per heavy atom. The van der Waals surface area contributed by atoms with Crippen molar-refractivity contribution in [1.29, 1.82) is 0 Å². The molecule has 2 aliphatic carbocycles. The lowest BCUT2D eigenvalue weighted by atomic mass is 9.66. The van der Waals surface area contributed by atoms with Gasteiger partial charge in [0.1, 0.15) is 0 Å². The molecule has 24 heavy (non-hydrogen) atoms. The molecule has 3 aliphatic rings. The van der Waals surface area contributed by atoms with E-state index in [-0.39, 0.29) is 0 Å². The molecule has 1 amide bonds. The average molecular weight is 370 g/mol. The number of hydrogen-bond acceptors (Lipinski definition) is 3. The molecule has 0 aromatic carbocycles. The van der Waals surface area contributed by atoms with Crippen molar-refractivity contribution in [1.82, 2.24) is 4.90 Å². The molecule has 1 saturated heterocycles. The number of nitrogens with zero attached hydrogens (tertiary/aromatic N) is 1. The zero-order valence-corrected chi connectivity index (χ0v) is 17.6. The van der Waals surface area contributed by atoms with E-state index < -0.39 is 0 Å². The summed E-state index contributed by atoms with van der Waals surface area (Å²) < 4.78 is 0.482. The van der Waals surface area contributed by atoms with Gasteiger partial charge in [0.05, 0.1) is 4.08 Å². The zero-order valence-electron chi connectivity index (χ0n) is 15.9. The molecule has 2 bridgehead atoms. The maximum atomic E-state index is 13.3. The molecule has 4 heteroatoms. The quantitative estimate of drug-likeness (QED) is 0.670. The number of amides is 1. The summed E-state index contributed by atoms with van der Waals surface area (Å²) in [5.74, 6) is 6.08. The Balaban J connectivity index is 1.72. The molecule has 2 atom stereocenters. The normalized spacial score (nSPS) is 31.8. The Kier molecular flexibility index (Phi) is 6.17. The number of carbonyl (C=O) groups excluding carboxylic acids is 1. The molecular weight excluding hydrogens is 334 g/mol. The Morgan fingerprint density at radius 3 is 1.96 bits per heavy atom. The third-order valence-corrected chi connectivity index (χ3v) is 9.97. The van der Waals surface area contributed by atoms with Gasteiger partial charge in [0.15, 0.2) is 0 Å². The third kappa shape index (κ3) is 3.79. The summed E-state index contributed by atoms with van der Waals surface area (Å²) in [6, 6.07) is 0. The van der Waals surface area contributed by atoms with Gasteiger partial charge in [0.2, 0.25) is 5.91 Å². The van der Waals surface area contributed by atoms with Crippen molar-refractivity contribution in [2.24, 2.45) is 29.6 Å². The number of carbonyl (C=O) groups is 1. The molecule has 3 rings (SSSR count). The van der Waals surface area contributed by atoms with Crippen molar-refractivity contribution in [3.63, 3.8) is 0 Å². The number of rotatable bonds is 5. The molecule has 2 nitrogen and oxygen atoms in total. The van der Waals surface area contributed by atoms with Crippen LogP contribution in [0.5, 0.6) is 0 Å². The van der Waals surface area contributed by atoms with Gasteiger partial charge in [0.25, 0.3) is 0 Å². The van der Waals surface area contributed by atoms with Gasteiger partial charge >= 0.3 is 0 Å². The van der Waals surface area contributed by atoms with Crippen LogP contribution in [0.4, 0.5) is 0 Å². The Morgan fingerprint density at radius 2 is 1.50 bits per heavy atom. The largest absolute Gasteiger partial charge is 0.342 e. The van der Waals surface area contributed by atoms with Gasteiger partial charge in [-0.2, -0.15) is 0 Å². The van der Waals surface area contributed by atoms with Gasteiger partial charge in [0, 0.05) is 30.5 Å². The second-order valence-corrected chi connectivity index (χ2v) is 11.9. The molecule has 3 fully saturated rings. The molecule has 1 aliphatic heterocycles. The maximum absolute atomic E-state index is 13.3. The number of hydrogen-bond donors (Lipinski definition) is 0. The fourth-order valence-electron chi connectivity index (χ4n) is 5.20. The summed E-state index contributed by atoms with van der Waals surface area (Å²) in [7, 11) is 0. The first kappa shape index (κ1) is 18.9. The predicted octanol–water partition coefficient (Wildman–Crippen LogP) is 5.13. The second kappa shape index (κ2) is 7.82. The Bertz CT molecular complexity index is 419. The van der Waals surface area contributed by atoms with E-state index in [1.807, 2.05) is 0 Å². The van der Waals surface area contributed by atoms with Gasteiger partial charge in [-0.15, -0.1) is 23.5 Å². The summed E-state index contributed by atoms with van der Waals surface area (Å²) in [6.07, 6.45) is 6.41. The topological polar surface area (TPSA) is 20.3 Å². The highest BCUT2D eigenvalue weighted by molar-refractivity contribution is 8.21. The van der Waals surface area contributed by atoms with Crippen molar-refractivity contribution in [3.8, 4) is 0 Å². The molecule has 0 N–H and O–H groups in total. The van der Waals surface area contributed by atoms with Crippen LogP contribution in [0.3, 0.4) is 0 Å². The van der Waals surface area contributed by atoms with E-state index >= 15 is 0 Å². The highest BCUT2D eigenvalue weighted by Crippen LogP contribution is 2.64. The molecule has 138 valence electrons. The molecule has 2 saturated carbocycles. The fraction of sp³-hybridized carbons (Fsp3) is 0.950. The van der Waals surface area contributed by atoms with Crippen LogP contribution in [0.25, 0.3) is 0 Å². The number of thioether (sulfide) groups is 2. The minimum Gasteiger partial charge on any atom is -0.342 e. The van der Waals surface area contributed by atoms with Gasteiger partial charge < -0.3 is 4.90 Å². The first-order valence-corrected chi connectivity index (χ1v) is 12.0. The lowest BCUT2D eigenvalue weighted by Gasteiger charge is -2.52. The third-order valence-electron chi connectivity index (χ3n) is 5.95. The van der Waals surface area contributed by atoms with Crippen LogP contribution in [-0.2, 0) is 4.79 Å². The first-order valence-electron chi connectivity index (χ1n) is 9.99. The molecule has 1 heterocycles. The SMILES string of the molecule is CC(C)CN(CC(C)C)C(=O)C1CC2CCCC(C1)C21SCCS1. The Labute approximate surface area is 157 Å². The van der Waals surface area contributed by atoms with Crippen LogP contribution < -0.4 is 0 Å². The average Bonchev–Trinajstić information content (AvgIpc) is 2.94. The van der Waals surface area contributed by atoms with E-state index in [0.29, 0.717) is 27.7 Å². The molecule has 0 aromatic heterocycles. The molecule has 2 unspecified atom stereocenters. The smallest absolute Gasteiger partial charge is 0.225 e. The highest BCUT2D eigenvalue weighted by Gasteiger charge is 2.55. The van der Waals surface area contributed by atoms with Gasteiger partial charge in [-0.3, -0.25) is 4.79 Å². The standard InChI is InChI=1S/C20H35NOS2/c1-14(2)12-21(13-15(3)4)19(22)16-10-17-6-5-7-18(11-16)20(17)23-8-9-24-20/h14-18H,5-13H2,1-4H3. The van der Waals surface area contributed by atoms with E-state index in [1.165, 1.54) is 30.8 Å². The van der Waals surface area contributed by atoms with E-state index in [4.69, 9.17) is 0 Å². The summed E-state index contributed by atoms with van der Waals surface area (Å²) >= 11 is 4.48. The molecule has 1 spiro atoms. The summed E-state index contributed by atoms with van der Waals surface area (Å²) in [5.41, 5.74) is 0. The summed E-state index contributed by atoms with van der Waals surface area (Å²) in [4.78, 5) is 15.5. The van der Waals surface area contributed by atoms with Crippen LogP contribution in [0, 0.1) is 29.6 Å². The lowest BCUT2D eigenvalue weighted by Crippen LogP contribution is -2.51. The van der Waals surface area contributed by atoms with Crippen molar-refractivity contribution >= 4 is 29.4 Å². The highest BCUT2D eigenvalue weighted by atomic mass is 32.2. The molecule has 0 radical (unpaired) electrons. The lowest BCUT2D eigenvalue weighted by molar-refractivity contribution is -0.139. The van der Waals surface area contributed by atoms with Gasteiger partial charge in [-0.1, -0.05) is 34.1 Å². The summed E-state index contributed by atoms with van der Waals surface area (Å²) in [6.45, 7) is 10.8. The first-order chi connectivity index (χ1) is 11.4. The van der Waals surface area contributed by atoms with Crippen molar-refractivity contribution in [3.05, 3.63) is 0 Å². The van der Waals surface area contributed by atoms with Crippen molar-refractivity contribution in [2.75, 3.05) is 24.6 Å². The van der Waals surface area contributed by atoms with E-state index in [9.17, 15) is 4.79 Å². The minimum atomic E-state index is 0.297. The minimum absolute atomic E-state index is 0.297. The Hall–Kier alpha value is 0.170. The van der Waals surface area contributed by atoms with E-state index in [1.54, 1.807) is 0 Å². The van der Waals surface area contributed by atoms with Crippen LogP contribution in [0.1, 0.15) is 59.8 Å².